The fourth-order valence-electron chi connectivity index (χ4n) is 5.58. The Hall–Kier alpha value is -0.610. The molecule has 0 radical (unpaired) electrons. The highest BCUT2D eigenvalue weighted by molar-refractivity contribution is 5.81. The zero-order chi connectivity index (χ0) is 28.7. The first-order valence-corrected chi connectivity index (χ1v) is 17.9. The van der Waals surface area contributed by atoms with Gasteiger partial charge in [-0.3, -0.25) is 4.79 Å². The van der Waals surface area contributed by atoms with Crippen LogP contribution in [0.5, 0.6) is 0 Å². The minimum atomic E-state index is -0.0204. The molecule has 0 aliphatic heterocycles. The van der Waals surface area contributed by atoms with Crippen molar-refractivity contribution in [2.75, 3.05) is 32.7 Å². The lowest BCUT2D eigenvalue weighted by Crippen LogP contribution is -2.45. The van der Waals surface area contributed by atoms with Crippen LogP contribution in [0.2, 0.25) is 0 Å². The van der Waals surface area contributed by atoms with Crippen molar-refractivity contribution in [3.05, 3.63) is 0 Å². The first-order chi connectivity index (χ1) is 19.2. The van der Waals surface area contributed by atoms with Crippen molar-refractivity contribution in [2.24, 2.45) is 0 Å². The van der Waals surface area contributed by atoms with Gasteiger partial charge < -0.3 is 15.5 Å². The zero-order valence-corrected chi connectivity index (χ0v) is 27.4. The van der Waals surface area contributed by atoms with E-state index in [1.165, 1.54) is 128 Å². The minimum absolute atomic E-state index is 0.0204. The molecule has 234 valence electrons. The van der Waals surface area contributed by atoms with E-state index >= 15 is 0 Å². The largest absolute Gasteiger partial charge is 0.355 e. The number of rotatable bonds is 32. The third-order valence-electron chi connectivity index (χ3n) is 8.43. The van der Waals surface area contributed by atoms with E-state index in [0.29, 0.717) is 0 Å². The minimum Gasteiger partial charge on any atom is -0.355 e. The quantitative estimate of drug-likeness (QED) is 0.0818. The summed E-state index contributed by atoms with van der Waals surface area (Å²) in [6.45, 7) is 14.1. The van der Waals surface area contributed by atoms with Crippen molar-refractivity contribution in [3.8, 4) is 0 Å². The lowest BCUT2D eigenvalue weighted by Gasteiger charge is -2.21. The Labute approximate surface area is 246 Å². The molecular formula is C35H73N3O. The smallest absolute Gasteiger partial charge is 0.237 e. The SMILES string of the molecule is CCCCCCCCCCCCCCCC(NCCCN(CC)CC)C(=O)NCCCCCCCCCCC. The van der Waals surface area contributed by atoms with Gasteiger partial charge in [-0.15, -0.1) is 0 Å². The Balaban J connectivity index is 4.05. The Bertz CT molecular complexity index is 481. The van der Waals surface area contributed by atoms with Crippen molar-refractivity contribution in [3.63, 3.8) is 0 Å². The summed E-state index contributed by atoms with van der Waals surface area (Å²) < 4.78 is 0. The highest BCUT2D eigenvalue weighted by Crippen LogP contribution is 2.14. The van der Waals surface area contributed by atoms with Crippen LogP contribution in [-0.4, -0.2) is 49.6 Å². The van der Waals surface area contributed by atoms with Crippen molar-refractivity contribution in [1.82, 2.24) is 15.5 Å². The van der Waals surface area contributed by atoms with Gasteiger partial charge in [0.1, 0.15) is 0 Å². The van der Waals surface area contributed by atoms with Crippen LogP contribution in [0.1, 0.15) is 182 Å². The third-order valence-corrected chi connectivity index (χ3v) is 8.43. The summed E-state index contributed by atoms with van der Waals surface area (Å²) in [5.41, 5.74) is 0. The maximum Gasteiger partial charge on any atom is 0.237 e. The topological polar surface area (TPSA) is 44.4 Å². The lowest BCUT2D eigenvalue weighted by atomic mass is 10.0. The van der Waals surface area contributed by atoms with E-state index in [1.807, 2.05) is 0 Å². The van der Waals surface area contributed by atoms with Crippen molar-refractivity contribution < 1.29 is 4.79 Å². The summed E-state index contributed by atoms with van der Waals surface area (Å²) in [6.07, 6.45) is 31.8. The molecule has 2 N–H and O–H groups in total. The molecule has 0 aliphatic carbocycles. The van der Waals surface area contributed by atoms with Crippen molar-refractivity contribution in [2.45, 2.75) is 188 Å². The van der Waals surface area contributed by atoms with Gasteiger partial charge in [-0.1, -0.05) is 163 Å². The van der Waals surface area contributed by atoms with Crippen LogP contribution in [0.3, 0.4) is 0 Å². The average molecular weight is 552 g/mol. The predicted octanol–water partition coefficient (Wildman–Crippen LogP) is 9.80. The molecule has 0 aromatic carbocycles. The van der Waals surface area contributed by atoms with Crippen LogP contribution in [0.15, 0.2) is 0 Å². The molecule has 1 amide bonds. The summed E-state index contributed by atoms with van der Waals surface area (Å²) in [5.74, 6) is 0.233. The van der Waals surface area contributed by atoms with Crippen LogP contribution in [0.4, 0.5) is 0 Å². The standard InChI is InChI=1S/C35H73N3O/c1-5-9-11-13-15-17-18-19-20-21-23-25-27-30-34(36-32-29-33-38(7-3)8-4)35(39)37-31-28-26-24-22-16-14-12-10-6-2/h34,36H,5-33H2,1-4H3,(H,37,39). The molecule has 0 aliphatic rings. The summed E-state index contributed by atoms with van der Waals surface area (Å²) >= 11 is 0. The number of amides is 1. The fraction of sp³-hybridized carbons (Fsp3) is 0.971. The molecule has 4 nitrogen and oxygen atoms in total. The molecule has 0 fully saturated rings. The number of carbonyl (C=O) groups is 1. The number of unbranched alkanes of at least 4 members (excludes halogenated alkanes) is 20. The number of carbonyl (C=O) groups excluding carboxylic acids is 1. The van der Waals surface area contributed by atoms with Gasteiger partial charge in [0.25, 0.3) is 0 Å². The van der Waals surface area contributed by atoms with E-state index in [2.05, 4.69) is 43.2 Å². The van der Waals surface area contributed by atoms with Crippen LogP contribution in [0, 0.1) is 0 Å². The second-order valence-electron chi connectivity index (χ2n) is 12.0. The molecule has 0 rings (SSSR count). The van der Waals surface area contributed by atoms with Crippen LogP contribution >= 0.6 is 0 Å². The van der Waals surface area contributed by atoms with Gasteiger partial charge in [-0.05, 0) is 45.4 Å². The molecule has 0 bridgehead atoms. The molecule has 1 unspecified atom stereocenters. The Morgan fingerprint density at radius 1 is 0.513 bits per heavy atom. The van der Waals surface area contributed by atoms with Crippen LogP contribution in [-0.2, 0) is 4.79 Å². The molecule has 0 spiro atoms. The molecule has 39 heavy (non-hydrogen) atoms. The predicted molar refractivity (Wildman–Crippen MR) is 175 cm³/mol. The Kier molecular flexibility index (Phi) is 31.4. The highest BCUT2D eigenvalue weighted by Gasteiger charge is 2.17. The van der Waals surface area contributed by atoms with E-state index in [1.54, 1.807) is 0 Å². The van der Waals surface area contributed by atoms with E-state index in [4.69, 9.17) is 0 Å². The van der Waals surface area contributed by atoms with Gasteiger partial charge in [0, 0.05) is 6.54 Å². The van der Waals surface area contributed by atoms with Gasteiger partial charge >= 0.3 is 0 Å². The maximum atomic E-state index is 13.0. The fourth-order valence-corrected chi connectivity index (χ4v) is 5.58. The molecule has 0 saturated carbocycles. The molecule has 1 atom stereocenters. The number of hydrogen-bond donors (Lipinski definition) is 2. The monoisotopic (exact) mass is 552 g/mol. The number of hydrogen-bond acceptors (Lipinski definition) is 3. The van der Waals surface area contributed by atoms with Gasteiger partial charge in [-0.25, -0.2) is 0 Å². The second kappa shape index (κ2) is 31.9. The van der Waals surface area contributed by atoms with E-state index in [9.17, 15) is 4.79 Å². The molecule has 0 heterocycles. The maximum absolute atomic E-state index is 13.0. The first kappa shape index (κ1) is 38.4. The Morgan fingerprint density at radius 2 is 0.923 bits per heavy atom. The Morgan fingerprint density at radius 3 is 1.36 bits per heavy atom. The van der Waals surface area contributed by atoms with Gasteiger partial charge in [0.05, 0.1) is 6.04 Å². The summed E-state index contributed by atoms with van der Waals surface area (Å²) in [6, 6.07) is -0.0204. The average Bonchev–Trinajstić information content (AvgIpc) is 2.95. The molecule has 0 aromatic heterocycles. The molecule has 0 saturated heterocycles. The van der Waals surface area contributed by atoms with E-state index in [-0.39, 0.29) is 11.9 Å². The summed E-state index contributed by atoms with van der Waals surface area (Å²) in [7, 11) is 0. The zero-order valence-electron chi connectivity index (χ0n) is 27.4. The first-order valence-electron chi connectivity index (χ1n) is 17.9. The normalized spacial score (nSPS) is 12.3. The van der Waals surface area contributed by atoms with Gasteiger partial charge in [0.2, 0.25) is 5.91 Å². The van der Waals surface area contributed by atoms with Crippen molar-refractivity contribution in [1.29, 1.82) is 0 Å². The van der Waals surface area contributed by atoms with Crippen LogP contribution < -0.4 is 10.6 Å². The van der Waals surface area contributed by atoms with Crippen LogP contribution in [0.25, 0.3) is 0 Å². The third kappa shape index (κ3) is 27.3. The number of nitrogens with zero attached hydrogens (tertiary/aromatic N) is 1. The second-order valence-corrected chi connectivity index (χ2v) is 12.0. The summed E-state index contributed by atoms with van der Waals surface area (Å²) in [4.78, 5) is 15.5. The van der Waals surface area contributed by atoms with Gasteiger partial charge in [-0.2, -0.15) is 0 Å². The number of nitrogens with one attached hydrogen (secondary N) is 2. The molecule has 4 heteroatoms. The lowest BCUT2D eigenvalue weighted by molar-refractivity contribution is -0.123. The highest BCUT2D eigenvalue weighted by atomic mass is 16.2. The van der Waals surface area contributed by atoms with E-state index in [0.717, 1.165) is 58.4 Å². The van der Waals surface area contributed by atoms with Crippen molar-refractivity contribution >= 4 is 5.91 Å². The molecule has 0 aromatic rings. The van der Waals surface area contributed by atoms with Gasteiger partial charge in [0.15, 0.2) is 0 Å². The van der Waals surface area contributed by atoms with E-state index < -0.39 is 0 Å². The molecular weight excluding hydrogens is 478 g/mol. The summed E-state index contributed by atoms with van der Waals surface area (Å²) in [5, 5.41) is 6.87.